The maximum atomic E-state index is 11.4. The zero-order valence-electron chi connectivity index (χ0n) is 10.8. The highest BCUT2D eigenvalue weighted by atomic mass is 16.4. The zero-order valence-corrected chi connectivity index (χ0v) is 10.8. The van der Waals surface area contributed by atoms with Gasteiger partial charge in [-0.25, -0.2) is 0 Å². The second kappa shape index (κ2) is 6.27. The zero-order chi connectivity index (χ0) is 12.0. The van der Waals surface area contributed by atoms with Crippen LogP contribution in [0.2, 0.25) is 0 Å². The Morgan fingerprint density at radius 2 is 2.06 bits per heavy atom. The molecule has 2 nitrogen and oxygen atoms in total. The summed E-state index contributed by atoms with van der Waals surface area (Å²) in [5, 5.41) is 9.43. The van der Waals surface area contributed by atoms with Crippen LogP contribution in [0.15, 0.2) is 0 Å². The SMILES string of the molecule is CCCCCCC1(C(=O)O)CCC(CC)C1. The van der Waals surface area contributed by atoms with Crippen LogP contribution >= 0.6 is 0 Å². The van der Waals surface area contributed by atoms with E-state index in [0.29, 0.717) is 5.92 Å². The van der Waals surface area contributed by atoms with E-state index in [9.17, 15) is 9.90 Å². The highest BCUT2D eigenvalue weighted by Gasteiger charge is 2.44. The standard InChI is InChI=1S/C14H26O2/c1-3-5-6-7-9-14(13(15)16)10-8-12(4-2)11-14/h12H,3-11H2,1-2H3,(H,15,16). The molecule has 1 fully saturated rings. The van der Waals surface area contributed by atoms with Crippen molar-refractivity contribution in [2.45, 2.75) is 71.6 Å². The second-order valence-electron chi connectivity index (χ2n) is 5.41. The Balaban J connectivity index is 2.45. The summed E-state index contributed by atoms with van der Waals surface area (Å²) in [7, 11) is 0. The number of rotatable bonds is 7. The molecule has 0 aliphatic heterocycles. The third-order valence-electron chi connectivity index (χ3n) is 4.25. The van der Waals surface area contributed by atoms with E-state index >= 15 is 0 Å². The van der Waals surface area contributed by atoms with E-state index in [4.69, 9.17) is 0 Å². The van der Waals surface area contributed by atoms with Crippen molar-refractivity contribution >= 4 is 5.97 Å². The van der Waals surface area contributed by atoms with Crippen molar-refractivity contribution in [2.75, 3.05) is 0 Å². The lowest BCUT2D eigenvalue weighted by Gasteiger charge is -2.24. The normalized spacial score (nSPS) is 29.5. The molecule has 16 heavy (non-hydrogen) atoms. The van der Waals surface area contributed by atoms with Crippen LogP contribution in [-0.2, 0) is 4.79 Å². The van der Waals surface area contributed by atoms with E-state index in [1.54, 1.807) is 0 Å². The molecule has 1 saturated carbocycles. The molecule has 94 valence electrons. The average Bonchev–Trinajstić information content (AvgIpc) is 2.69. The second-order valence-corrected chi connectivity index (χ2v) is 5.41. The highest BCUT2D eigenvalue weighted by Crippen LogP contribution is 2.46. The fraction of sp³-hybridized carbons (Fsp3) is 0.929. The third kappa shape index (κ3) is 3.23. The quantitative estimate of drug-likeness (QED) is 0.659. The van der Waals surface area contributed by atoms with Gasteiger partial charge in [-0.05, 0) is 31.6 Å². The summed E-state index contributed by atoms with van der Waals surface area (Å²) in [6.07, 6.45) is 9.75. The van der Waals surface area contributed by atoms with Crippen LogP contribution in [-0.4, -0.2) is 11.1 Å². The van der Waals surface area contributed by atoms with Gasteiger partial charge >= 0.3 is 5.97 Å². The lowest BCUT2D eigenvalue weighted by atomic mass is 9.80. The molecule has 1 aliphatic rings. The lowest BCUT2D eigenvalue weighted by Crippen LogP contribution is -2.28. The minimum Gasteiger partial charge on any atom is -0.481 e. The number of carboxylic acids is 1. The molecule has 0 aromatic rings. The molecule has 0 amide bonds. The van der Waals surface area contributed by atoms with E-state index in [0.717, 1.165) is 38.5 Å². The Labute approximate surface area is 99.4 Å². The van der Waals surface area contributed by atoms with Crippen LogP contribution in [0.3, 0.4) is 0 Å². The fourth-order valence-corrected chi connectivity index (χ4v) is 3.00. The molecule has 0 aromatic heterocycles. The summed E-state index contributed by atoms with van der Waals surface area (Å²) >= 11 is 0. The van der Waals surface area contributed by atoms with Gasteiger partial charge in [-0.3, -0.25) is 4.79 Å². The minimum atomic E-state index is -0.542. The van der Waals surface area contributed by atoms with Crippen LogP contribution < -0.4 is 0 Å². The number of hydrogen-bond donors (Lipinski definition) is 1. The molecule has 0 aromatic carbocycles. The van der Waals surface area contributed by atoms with Crippen molar-refractivity contribution in [3.63, 3.8) is 0 Å². The third-order valence-corrected chi connectivity index (χ3v) is 4.25. The van der Waals surface area contributed by atoms with Crippen molar-refractivity contribution < 1.29 is 9.90 Å². The predicted octanol–water partition coefficient (Wildman–Crippen LogP) is 4.24. The average molecular weight is 226 g/mol. The Morgan fingerprint density at radius 3 is 2.56 bits per heavy atom. The first-order valence-electron chi connectivity index (χ1n) is 6.88. The van der Waals surface area contributed by atoms with Crippen LogP contribution in [0.5, 0.6) is 0 Å². The van der Waals surface area contributed by atoms with Gasteiger partial charge in [0.25, 0.3) is 0 Å². The topological polar surface area (TPSA) is 37.3 Å². The number of carboxylic acid groups (broad SMARTS) is 1. The molecule has 0 spiro atoms. The first-order valence-corrected chi connectivity index (χ1v) is 6.88. The van der Waals surface area contributed by atoms with Crippen molar-refractivity contribution in [3.05, 3.63) is 0 Å². The first-order chi connectivity index (χ1) is 7.64. The lowest BCUT2D eigenvalue weighted by molar-refractivity contribution is -0.149. The summed E-state index contributed by atoms with van der Waals surface area (Å²) in [5.41, 5.74) is -0.367. The van der Waals surface area contributed by atoms with Gasteiger partial charge in [0.2, 0.25) is 0 Å². The van der Waals surface area contributed by atoms with Gasteiger partial charge in [0, 0.05) is 0 Å². The van der Waals surface area contributed by atoms with E-state index in [1.165, 1.54) is 19.3 Å². The molecular formula is C14H26O2. The van der Waals surface area contributed by atoms with E-state index in [2.05, 4.69) is 13.8 Å². The van der Waals surface area contributed by atoms with Gasteiger partial charge in [-0.2, -0.15) is 0 Å². The van der Waals surface area contributed by atoms with E-state index in [1.807, 2.05) is 0 Å². The molecule has 2 unspecified atom stereocenters. The van der Waals surface area contributed by atoms with Gasteiger partial charge in [0.1, 0.15) is 0 Å². The maximum Gasteiger partial charge on any atom is 0.309 e. The van der Waals surface area contributed by atoms with Crippen LogP contribution in [0.25, 0.3) is 0 Å². The number of carbonyl (C=O) groups is 1. The largest absolute Gasteiger partial charge is 0.481 e. The molecule has 2 atom stereocenters. The van der Waals surface area contributed by atoms with E-state index < -0.39 is 5.97 Å². The number of unbranched alkanes of at least 4 members (excludes halogenated alkanes) is 3. The predicted molar refractivity (Wildman–Crippen MR) is 66.5 cm³/mol. The smallest absolute Gasteiger partial charge is 0.309 e. The summed E-state index contributed by atoms with van der Waals surface area (Å²) in [4.78, 5) is 11.4. The summed E-state index contributed by atoms with van der Waals surface area (Å²) in [6.45, 7) is 4.37. The van der Waals surface area contributed by atoms with Crippen LogP contribution in [0, 0.1) is 11.3 Å². The monoisotopic (exact) mass is 226 g/mol. The molecule has 0 bridgehead atoms. The maximum absolute atomic E-state index is 11.4. The van der Waals surface area contributed by atoms with Gasteiger partial charge in [-0.1, -0.05) is 46.0 Å². The van der Waals surface area contributed by atoms with Crippen molar-refractivity contribution in [1.29, 1.82) is 0 Å². The van der Waals surface area contributed by atoms with Crippen molar-refractivity contribution in [2.24, 2.45) is 11.3 Å². The molecule has 2 heteroatoms. The first kappa shape index (κ1) is 13.5. The fourth-order valence-electron chi connectivity index (χ4n) is 3.00. The Bertz CT molecular complexity index is 225. The Kier molecular flexibility index (Phi) is 5.30. The van der Waals surface area contributed by atoms with Gasteiger partial charge in [-0.15, -0.1) is 0 Å². The summed E-state index contributed by atoms with van der Waals surface area (Å²) < 4.78 is 0. The summed E-state index contributed by atoms with van der Waals surface area (Å²) in [5.74, 6) is 0.113. The molecule has 0 saturated heterocycles. The minimum absolute atomic E-state index is 0.367. The molecule has 0 radical (unpaired) electrons. The number of aliphatic carboxylic acids is 1. The van der Waals surface area contributed by atoms with Crippen molar-refractivity contribution in [1.82, 2.24) is 0 Å². The van der Waals surface area contributed by atoms with E-state index in [-0.39, 0.29) is 5.41 Å². The summed E-state index contributed by atoms with van der Waals surface area (Å²) in [6, 6.07) is 0. The Hall–Kier alpha value is -0.530. The molecule has 1 aliphatic carbocycles. The molecular weight excluding hydrogens is 200 g/mol. The van der Waals surface area contributed by atoms with Gasteiger partial charge in [0.05, 0.1) is 5.41 Å². The van der Waals surface area contributed by atoms with Crippen LogP contribution in [0.1, 0.15) is 71.6 Å². The number of hydrogen-bond acceptors (Lipinski definition) is 1. The highest BCUT2D eigenvalue weighted by molar-refractivity contribution is 5.75. The van der Waals surface area contributed by atoms with Crippen molar-refractivity contribution in [3.8, 4) is 0 Å². The van der Waals surface area contributed by atoms with Gasteiger partial charge in [0.15, 0.2) is 0 Å². The van der Waals surface area contributed by atoms with Crippen LogP contribution in [0.4, 0.5) is 0 Å². The molecule has 1 rings (SSSR count). The molecule has 1 N–H and O–H groups in total. The molecule has 0 heterocycles. The Morgan fingerprint density at radius 1 is 1.31 bits per heavy atom. The van der Waals surface area contributed by atoms with Gasteiger partial charge < -0.3 is 5.11 Å².